The molecule has 1 aromatic heterocycles. The molecule has 3 N–H and O–H groups in total. The number of hydrogen-bond donors (Lipinski definition) is 2. The topological polar surface area (TPSA) is 86.5 Å². The van der Waals surface area contributed by atoms with Crippen molar-refractivity contribution in [1.82, 2.24) is 10.3 Å². The molecule has 0 unspecified atom stereocenters. The molecule has 25 heavy (non-hydrogen) atoms. The Kier molecular flexibility index (Phi) is 5.24. The minimum Gasteiger partial charge on any atom is -0.486 e. The highest BCUT2D eigenvalue weighted by Gasteiger charge is 2.22. The van der Waals surface area contributed by atoms with E-state index in [1.54, 1.807) is 5.38 Å². The van der Waals surface area contributed by atoms with Gasteiger partial charge in [-0.25, -0.2) is 4.98 Å². The molecule has 1 aliphatic heterocycles. The van der Waals surface area contributed by atoms with Crippen LogP contribution in [0.15, 0.2) is 23.6 Å². The van der Waals surface area contributed by atoms with E-state index in [4.69, 9.17) is 15.2 Å². The number of amides is 1. The summed E-state index contributed by atoms with van der Waals surface area (Å²) in [6.45, 7) is 5.59. The Bertz CT molecular complexity index is 756. The van der Waals surface area contributed by atoms with Gasteiger partial charge in [0.25, 0.3) is 5.91 Å². The zero-order chi connectivity index (χ0) is 17.9. The smallest absolute Gasteiger partial charge is 0.270 e. The molecule has 0 saturated carbocycles. The van der Waals surface area contributed by atoms with Crippen molar-refractivity contribution < 1.29 is 14.3 Å². The number of carbonyl (C=O) groups excluding carboxylic acids is 1. The number of thiazole rings is 1. The van der Waals surface area contributed by atoms with E-state index in [1.165, 1.54) is 11.3 Å². The number of hydrogen-bond acceptors (Lipinski definition) is 6. The van der Waals surface area contributed by atoms with Crippen LogP contribution in [0.5, 0.6) is 11.5 Å². The van der Waals surface area contributed by atoms with Crippen molar-refractivity contribution >= 4 is 17.2 Å². The Hall–Kier alpha value is -2.12. The lowest BCUT2D eigenvalue weighted by molar-refractivity contribution is 0.0938. The van der Waals surface area contributed by atoms with E-state index in [9.17, 15) is 4.79 Å². The highest BCUT2D eigenvalue weighted by molar-refractivity contribution is 7.13. The molecule has 2 heterocycles. The number of aromatic nitrogens is 1. The van der Waals surface area contributed by atoms with E-state index >= 15 is 0 Å². The molecule has 7 heteroatoms. The minimum absolute atomic E-state index is 0.197. The molecule has 1 amide bonds. The van der Waals surface area contributed by atoms with Crippen LogP contribution in [-0.2, 0) is 0 Å². The van der Waals surface area contributed by atoms with Gasteiger partial charge in [-0.3, -0.25) is 4.79 Å². The second kappa shape index (κ2) is 7.41. The van der Waals surface area contributed by atoms with E-state index in [1.807, 2.05) is 32.0 Å². The van der Waals surface area contributed by atoms with E-state index in [0.29, 0.717) is 31.2 Å². The van der Waals surface area contributed by atoms with Gasteiger partial charge in [-0.05, 0) is 31.0 Å². The van der Waals surface area contributed by atoms with Crippen molar-refractivity contribution in [2.45, 2.75) is 32.2 Å². The normalized spacial score (nSPS) is 13.6. The first-order chi connectivity index (χ1) is 12.0. The summed E-state index contributed by atoms with van der Waals surface area (Å²) in [6, 6.07) is 5.69. The number of rotatable bonds is 6. The molecule has 0 radical (unpaired) electrons. The number of nitrogens with zero attached hydrogens (tertiary/aromatic N) is 1. The van der Waals surface area contributed by atoms with Crippen molar-refractivity contribution in [2.24, 2.45) is 5.73 Å². The lowest BCUT2D eigenvalue weighted by Crippen LogP contribution is -2.49. The fourth-order valence-corrected chi connectivity index (χ4v) is 3.33. The lowest BCUT2D eigenvalue weighted by atomic mass is 9.94. The van der Waals surface area contributed by atoms with Gasteiger partial charge in [0.2, 0.25) is 0 Å². The van der Waals surface area contributed by atoms with Crippen LogP contribution in [0.25, 0.3) is 10.6 Å². The van der Waals surface area contributed by atoms with E-state index in [2.05, 4.69) is 10.3 Å². The van der Waals surface area contributed by atoms with Gasteiger partial charge in [-0.15, -0.1) is 11.3 Å². The van der Waals surface area contributed by atoms with Crippen LogP contribution in [0, 0.1) is 0 Å². The molecule has 134 valence electrons. The maximum atomic E-state index is 12.3. The monoisotopic (exact) mass is 361 g/mol. The van der Waals surface area contributed by atoms with Crippen LogP contribution in [0.1, 0.15) is 37.2 Å². The summed E-state index contributed by atoms with van der Waals surface area (Å²) in [5.41, 5.74) is 7.17. The first kappa shape index (κ1) is 17.7. The molecule has 3 rings (SSSR count). The highest BCUT2D eigenvalue weighted by atomic mass is 32.1. The molecule has 0 atom stereocenters. The molecule has 6 nitrogen and oxygen atoms in total. The Labute approximate surface area is 151 Å². The zero-order valence-electron chi connectivity index (χ0n) is 14.5. The molecule has 1 aromatic carbocycles. The number of ether oxygens (including phenoxy) is 2. The average Bonchev–Trinajstić information content (AvgIpc) is 3.15. The maximum absolute atomic E-state index is 12.3. The molecule has 0 spiro atoms. The molecular formula is C18H23N3O3S. The zero-order valence-corrected chi connectivity index (χ0v) is 15.3. The van der Waals surface area contributed by atoms with Gasteiger partial charge < -0.3 is 20.5 Å². The standard InChI is InChI=1S/C18H23N3O3S/c1-3-18(19,4-2)11-20-16(22)13-10-25-17(21-13)12-5-6-14-15(9-12)24-8-7-23-14/h5-6,9-10H,3-4,7-8,11,19H2,1-2H3,(H,20,22). The Morgan fingerprint density at radius 1 is 1.28 bits per heavy atom. The molecule has 0 bridgehead atoms. The second-order valence-electron chi connectivity index (χ2n) is 6.15. The van der Waals surface area contributed by atoms with Crippen molar-refractivity contribution in [1.29, 1.82) is 0 Å². The van der Waals surface area contributed by atoms with Crippen LogP contribution >= 0.6 is 11.3 Å². The van der Waals surface area contributed by atoms with Gasteiger partial charge in [-0.1, -0.05) is 13.8 Å². The van der Waals surface area contributed by atoms with Gasteiger partial charge in [0, 0.05) is 23.0 Å². The summed E-state index contributed by atoms with van der Waals surface area (Å²) in [6.07, 6.45) is 1.62. The Morgan fingerprint density at radius 3 is 2.72 bits per heavy atom. The summed E-state index contributed by atoms with van der Waals surface area (Å²) < 4.78 is 11.1. The fraction of sp³-hybridized carbons (Fsp3) is 0.444. The first-order valence-corrected chi connectivity index (χ1v) is 9.35. The van der Waals surface area contributed by atoms with Crippen molar-refractivity contribution in [3.05, 3.63) is 29.3 Å². The van der Waals surface area contributed by atoms with Crippen molar-refractivity contribution in [2.75, 3.05) is 19.8 Å². The average molecular weight is 361 g/mol. The van der Waals surface area contributed by atoms with Crippen LogP contribution < -0.4 is 20.5 Å². The third-order valence-corrected chi connectivity index (χ3v) is 5.43. The van der Waals surface area contributed by atoms with Gasteiger partial charge in [0.05, 0.1) is 0 Å². The number of nitrogens with one attached hydrogen (secondary N) is 1. The van der Waals surface area contributed by atoms with Gasteiger partial charge in [-0.2, -0.15) is 0 Å². The summed E-state index contributed by atoms with van der Waals surface area (Å²) in [5.74, 6) is 1.25. The fourth-order valence-electron chi connectivity index (χ4n) is 2.53. The van der Waals surface area contributed by atoms with Crippen LogP contribution in [0.3, 0.4) is 0 Å². The quantitative estimate of drug-likeness (QED) is 0.826. The van der Waals surface area contributed by atoms with E-state index < -0.39 is 0 Å². The summed E-state index contributed by atoms with van der Waals surface area (Å²) in [7, 11) is 0. The first-order valence-electron chi connectivity index (χ1n) is 8.47. The van der Waals surface area contributed by atoms with Gasteiger partial charge >= 0.3 is 0 Å². The van der Waals surface area contributed by atoms with Gasteiger partial charge in [0.15, 0.2) is 11.5 Å². The van der Waals surface area contributed by atoms with Crippen molar-refractivity contribution in [3.63, 3.8) is 0 Å². The van der Waals surface area contributed by atoms with Crippen molar-refractivity contribution in [3.8, 4) is 22.1 Å². The Balaban J connectivity index is 1.71. The molecule has 1 aliphatic rings. The lowest BCUT2D eigenvalue weighted by Gasteiger charge is -2.26. The van der Waals surface area contributed by atoms with Crippen LogP contribution in [0.4, 0.5) is 0 Å². The number of fused-ring (bicyclic) bond motifs is 1. The predicted octanol–water partition coefficient (Wildman–Crippen LogP) is 2.83. The molecule has 0 aliphatic carbocycles. The third kappa shape index (κ3) is 3.93. The summed E-state index contributed by atoms with van der Waals surface area (Å²) in [4.78, 5) is 16.8. The number of carbonyl (C=O) groups is 1. The largest absolute Gasteiger partial charge is 0.486 e. The molecule has 2 aromatic rings. The minimum atomic E-state index is -0.371. The van der Waals surface area contributed by atoms with Gasteiger partial charge in [0.1, 0.15) is 23.9 Å². The van der Waals surface area contributed by atoms with Crippen LogP contribution in [0.2, 0.25) is 0 Å². The predicted molar refractivity (Wildman–Crippen MR) is 98.4 cm³/mol. The van der Waals surface area contributed by atoms with Crippen LogP contribution in [-0.4, -0.2) is 36.2 Å². The number of nitrogens with two attached hydrogens (primary N) is 1. The SMILES string of the molecule is CCC(N)(CC)CNC(=O)c1csc(-c2ccc3c(c2)OCCO3)n1. The second-order valence-corrected chi connectivity index (χ2v) is 7.01. The van der Waals surface area contributed by atoms with E-state index in [0.717, 1.165) is 29.2 Å². The maximum Gasteiger partial charge on any atom is 0.270 e. The number of benzene rings is 1. The Morgan fingerprint density at radius 2 is 2.00 bits per heavy atom. The summed E-state index contributed by atoms with van der Waals surface area (Å²) >= 11 is 1.43. The highest BCUT2D eigenvalue weighted by Crippen LogP contribution is 2.35. The molecular weight excluding hydrogens is 338 g/mol. The third-order valence-electron chi connectivity index (χ3n) is 4.54. The molecule has 0 saturated heterocycles. The van der Waals surface area contributed by atoms with E-state index in [-0.39, 0.29) is 11.4 Å². The molecule has 0 fully saturated rings. The summed E-state index contributed by atoms with van der Waals surface area (Å²) in [5, 5.41) is 5.42.